The largest absolute Gasteiger partial charge is 0.456 e. The molecule has 5 heteroatoms. The fourth-order valence-corrected chi connectivity index (χ4v) is 9.49. The maximum absolute atomic E-state index is 6.81. The van der Waals surface area contributed by atoms with Gasteiger partial charge in [0.1, 0.15) is 22.3 Å². The zero-order valence-corrected chi connectivity index (χ0v) is 33.2. The van der Waals surface area contributed by atoms with Crippen molar-refractivity contribution in [3.8, 4) is 56.4 Å². The van der Waals surface area contributed by atoms with Crippen LogP contribution < -0.4 is 0 Å². The van der Waals surface area contributed by atoms with Gasteiger partial charge in [0.15, 0.2) is 17.5 Å². The predicted octanol–water partition coefficient (Wildman–Crippen LogP) is 15.5. The molecule has 0 radical (unpaired) electrons. The van der Waals surface area contributed by atoms with Gasteiger partial charge < -0.3 is 8.83 Å². The maximum atomic E-state index is 6.81. The Hall–Kier alpha value is -8.41. The lowest BCUT2D eigenvalue weighted by molar-refractivity contribution is 0.669. The Morgan fingerprint density at radius 2 is 0.790 bits per heavy atom. The number of fused-ring (bicyclic) bond motifs is 9. The average molecular weight is 792 g/mol. The van der Waals surface area contributed by atoms with E-state index in [1.807, 2.05) is 36.4 Å². The number of aromatic nitrogens is 3. The Balaban J connectivity index is 1.05. The van der Waals surface area contributed by atoms with Gasteiger partial charge >= 0.3 is 0 Å². The molecule has 0 bridgehead atoms. The van der Waals surface area contributed by atoms with E-state index in [0.29, 0.717) is 17.5 Å². The highest BCUT2D eigenvalue weighted by atomic mass is 16.3. The van der Waals surface area contributed by atoms with E-state index in [9.17, 15) is 0 Å². The molecular weight excluding hydrogens is 759 g/mol. The molecule has 3 heterocycles. The van der Waals surface area contributed by atoms with E-state index in [2.05, 4.69) is 164 Å². The Kier molecular flexibility index (Phi) is 7.54. The predicted molar refractivity (Wildman–Crippen MR) is 254 cm³/mol. The normalized spacial score (nSPS) is 11.9. The van der Waals surface area contributed by atoms with Crippen LogP contribution in [0, 0.1) is 0 Å². The lowest BCUT2D eigenvalue weighted by Gasteiger charge is -2.15. The third kappa shape index (κ3) is 5.32. The number of nitrogens with zero attached hydrogens (tertiary/aromatic N) is 3. The Morgan fingerprint density at radius 1 is 0.274 bits per heavy atom. The van der Waals surface area contributed by atoms with Crippen LogP contribution in [-0.2, 0) is 0 Å². The molecule has 0 aliphatic heterocycles. The zero-order valence-electron chi connectivity index (χ0n) is 33.2. The fourth-order valence-electron chi connectivity index (χ4n) is 9.49. The number of furan rings is 2. The van der Waals surface area contributed by atoms with Crippen LogP contribution in [0.4, 0.5) is 0 Å². The van der Waals surface area contributed by atoms with Gasteiger partial charge in [-0.2, -0.15) is 0 Å². The lowest BCUT2D eigenvalue weighted by Crippen LogP contribution is -2.01. The molecule has 13 rings (SSSR count). The van der Waals surface area contributed by atoms with Crippen LogP contribution in [0.1, 0.15) is 0 Å². The summed E-state index contributed by atoms with van der Waals surface area (Å²) in [6.45, 7) is 0. The summed E-state index contributed by atoms with van der Waals surface area (Å²) < 4.78 is 13.1. The van der Waals surface area contributed by atoms with E-state index in [-0.39, 0.29) is 0 Å². The van der Waals surface area contributed by atoms with Crippen LogP contribution >= 0.6 is 0 Å². The molecule has 0 N–H and O–H groups in total. The number of hydrogen-bond donors (Lipinski definition) is 0. The monoisotopic (exact) mass is 791 g/mol. The Labute approximate surface area is 355 Å². The molecule has 0 saturated carbocycles. The summed E-state index contributed by atoms with van der Waals surface area (Å²) in [4.78, 5) is 15.8. The molecule has 0 saturated heterocycles. The van der Waals surface area contributed by atoms with Crippen LogP contribution in [0.25, 0.3) is 133 Å². The zero-order chi connectivity index (χ0) is 40.7. The molecule has 0 atom stereocenters. The van der Waals surface area contributed by atoms with Gasteiger partial charge in [-0.05, 0) is 85.4 Å². The van der Waals surface area contributed by atoms with Crippen molar-refractivity contribution in [2.75, 3.05) is 0 Å². The van der Waals surface area contributed by atoms with Gasteiger partial charge in [-0.25, -0.2) is 15.0 Å². The molecule has 0 aliphatic carbocycles. The number of para-hydroxylation sites is 2. The first-order valence-electron chi connectivity index (χ1n) is 20.8. The minimum atomic E-state index is 0.582. The van der Waals surface area contributed by atoms with E-state index in [1.54, 1.807) is 0 Å². The fraction of sp³-hybridized carbons (Fsp3) is 0. The topological polar surface area (TPSA) is 65.0 Å². The minimum absolute atomic E-state index is 0.582. The number of hydrogen-bond acceptors (Lipinski definition) is 5. The number of benzene rings is 10. The minimum Gasteiger partial charge on any atom is -0.456 e. The highest BCUT2D eigenvalue weighted by molar-refractivity contribution is 6.20. The summed E-state index contributed by atoms with van der Waals surface area (Å²) in [5.74, 6) is 1.78. The molecule has 0 aliphatic rings. The van der Waals surface area contributed by atoms with Gasteiger partial charge in [-0.3, -0.25) is 0 Å². The third-order valence-corrected chi connectivity index (χ3v) is 12.3. The Morgan fingerprint density at radius 3 is 1.61 bits per heavy atom. The van der Waals surface area contributed by atoms with Crippen molar-refractivity contribution in [3.05, 3.63) is 200 Å². The summed E-state index contributed by atoms with van der Waals surface area (Å²) in [6, 6.07) is 69.8. The standard InChI is InChI=1S/C57H33N3O2/c1-2-15-36-33-37(28-27-34(36)13-1)55-58-56(60-57(59-55)48-23-12-26-51-52(48)46-20-7-9-24-49(46)61-51)45-32-29-42(40-18-5-6-19-41(40)45)43-30-31-44(39-22-11-16-35-14-3-4-17-38(35)39)54-53(43)47-21-8-10-25-50(47)62-54/h1-33H. The highest BCUT2D eigenvalue weighted by Gasteiger charge is 2.22. The second-order valence-electron chi connectivity index (χ2n) is 15.8. The summed E-state index contributed by atoms with van der Waals surface area (Å²) in [6.07, 6.45) is 0. The van der Waals surface area contributed by atoms with Crippen LogP contribution in [0.2, 0.25) is 0 Å². The third-order valence-electron chi connectivity index (χ3n) is 12.3. The van der Waals surface area contributed by atoms with Crippen molar-refractivity contribution in [1.82, 2.24) is 15.0 Å². The average Bonchev–Trinajstić information content (AvgIpc) is 3.92. The van der Waals surface area contributed by atoms with Crippen molar-refractivity contribution in [2.45, 2.75) is 0 Å². The van der Waals surface area contributed by atoms with Crippen LogP contribution in [-0.4, -0.2) is 15.0 Å². The van der Waals surface area contributed by atoms with Crippen LogP contribution in [0.15, 0.2) is 209 Å². The summed E-state index contributed by atoms with van der Waals surface area (Å²) in [7, 11) is 0. The first-order valence-corrected chi connectivity index (χ1v) is 20.8. The molecule has 0 amide bonds. The van der Waals surface area contributed by atoms with Crippen molar-refractivity contribution in [1.29, 1.82) is 0 Å². The summed E-state index contributed by atoms with van der Waals surface area (Å²) in [5, 5.41) is 11.0. The first-order chi connectivity index (χ1) is 30.7. The van der Waals surface area contributed by atoms with Gasteiger partial charge in [0.25, 0.3) is 0 Å². The van der Waals surface area contributed by atoms with Crippen molar-refractivity contribution < 1.29 is 8.83 Å². The van der Waals surface area contributed by atoms with E-state index in [0.717, 1.165) is 104 Å². The quantitative estimate of drug-likeness (QED) is 0.174. The Bertz CT molecular complexity index is 3950. The lowest BCUT2D eigenvalue weighted by atomic mass is 9.89. The molecule has 0 fully saturated rings. The van der Waals surface area contributed by atoms with Crippen molar-refractivity contribution >= 4 is 76.2 Å². The molecule has 13 aromatic rings. The van der Waals surface area contributed by atoms with Crippen molar-refractivity contribution in [2.24, 2.45) is 0 Å². The molecule has 62 heavy (non-hydrogen) atoms. The molecule has 288 valence electrons. The van der Waals surface area contributed by atoms with E-state index in [4.69, 9.17) is 23.8 Å². The number of rotatable bonds is 5. The van der Waals surface area contributed by atoms with Crippen LogP contribution in [0.5, 0.6) is 0 Å². The van der Waals surface area contributed by atoms with Gasteiger partial charge in [-0.1, -0.05) is 164 Å². The molecular formula is C57H33N3O2. The molecule has 3 aromatic heterocycles. The summed E-state index contributed by atoms with van der Waals surface area (Å²) >= 11 is 0. The molecule has 0 spiro atoms. The first kappa shape index (κ1) is 34.5. The van der Waals surface area contributed by atoms with Gasteiger partial charge in [0.05, 0.1) is 0 Å². The SMILES string of the molecule is c1ccc2cc(-c3nc(-c4ccc(-c5ccc(-c6cccc7ccccc67)c6oc7ccccc7c56)c5ccccc45)nc(-c4cccc5oc6ccccc6c45)n3)ccc2c1. The van der Waals surface area contributed by atoms with E-state index >= 15 is 0 Å². The maximum Gasteiger partial charge on any atom is 0.164 e. The second-order valence-corrected chi connectivity index (χ2v) is 15.8. The summed E-state index contributed by atoms with van der Waals surface area (Å²) in [5.41, 5.74) is 10.5. The van der Waals surface area contributed by atoms with E-state index < -0.39 is 0 Å². The van der Waals surface area contributed by atoms with Gasteiger partial charge in [0, 0.05) is 43.8 Å². The molecule has 0 unspecified atom stereocenters. The van der Waals surface area contributed by atoms with E-state index in [1.165, 1.54) is 10.8 Å². The smallest absolute Gasteiger partial charge is 0.164 e. The van der Waals surface area contributed by atoms with Gasteiger partial charge in [0.2, 0.25) is 0 Å². The van der Waals surface area contributed by atoms with Crippen LogP contribution in [0.3, 0.4) is 0 Å². The second kappa shape index (κ2) is 13.6. The molecule has 5 nitrogen and oxygen atoms in total. The highest BCUT2D eigenvalue weighted by Crippen LogP contribution is 2.46. The van der Waals surface area contributed by atoms with Crippen molar-refractivity contribution in [3.63, 3.8) is 0 Å². The molecule has 10 aromatic carbocycles. The van der Waals surface area contributed by atoms with Gasteiger partial charge in [-0.15, -0.1) is 0 Å².